The summed E-state index contributed by atoms with van der Waals surface area (Å²) >= 11 is 10.5. The lowest BCUT2D eigenvalue weighted by Crippen LogP contribution is -2.46. The lowest BCUT2D eigenvalue weighted by Gasteiger charge is -2.19. The van der Waals surface area contributed by atoms with Crippen LogP contribution in [-0.4, -0.2) is 64.8 Å². The summed E-state index contributed by atoms with van der Waals surface area (Å²) in [5.41, 5.74) is 8.46. The van der Waals surface area contributed by atoms with E-state index in [1.54, 1.807) is 58.3 Å². The number of aliphatic hydroxyl groups is 2. The molecule has 8 N–H and O–H groups in total. The molecule has 3 rings (SSSR count). The fraction of sp³-hybridized carbons (Fsp3) is 0.391. The Morgan fingerprint density at radius 3 is 2.24 bits per heavy atom. The number of carbonyl (C=O) groups excluding carboxylic acids is 1. The molecule has 1 amide bonds. The van der Waals surface area contributed by atoms with Gasteiger partial charge in [-0.05, 0) is 58.3 Å². The predicted molar refractivity (Wildman–Crippen MR) is 140 cm³/mol. The minimum Gasteiger partial charge on any atom is -0.397 e. The van der Waals surface area contributed by atoms with Crippen molar-refractivity contribution in [1.82, 2.24) is 20.6 Å². The van der Waals surface area contributed by atoms with Gasteiger partial charge in [0.05, 0.1) is 40.7 Å². The zero-order valence-corrected chi connectivity index (χ0v) is 21.4. The first kappa shape index (κ1) is 29.6. The number of nitrogens with two attached hydrogens (primary N) is 1. The Kier molecular flexibility index (Phi) is 12.9. The van der Waals surface area contributed by atoms with Gasteiger partial charge in [-0.2, -0.15) is 0 Å². The van der Waals surface area contributed by atoms with Crippen molar-refractivity contribution in [1.29, 1.82) is 0 Å². The lowest BCUT2D eigenvalue weighted by molar-refractivity contribution is -0.120. The van der Waals surface area contributed by atoms with E-state index in [0.29, 0.717) is 16.4 Å². The number of carbonyl (C=O) groups is 1. The Labute approximate surface area is 210 Å². The standard InChI is InChI=1S/C11H14ClN3O.C11H17N3O2.CH3Cl/c1-6(16)10(13-2)11-14-8-4-3-7(12)5-9(8)15-11;1-7(15)10(13-2)11(16)14-9-6-4-3-5-8(9)12;1-2/h3-6,10,13,16H,1-2H3,(H,14,15);3-7,10,13,15H,12H2,1-2H3,(H,14,16);1H3/t6-,10+;7-,10+;/m11./s1. The number of benzene rings is 2. The lowest BCUT2D eigenvalue weighted by atomic mass is 10.1. The van der Waals surface area contributed by atoms with Gasteiger partial charge in [-0.25, -0.2) is 4.98 Å². The number of H-pyrrole nitrogens is 1. The number of aliphatic hydroxyl groups excluding tert-OH is 2. The van der Waals surface area contributed by atoms with Gasteiger partial charge in [0.25, 0.3) is 0 Å². The molecule has 0 spiro atoms. The van der Waals surface area contributed by atoms with Gasteiger partial charge >= 0.3 is 0 Å². The predicted octanol–water partition coefficient (Wildman–Crippen LogP) is 2.89. The number of rotatable bonds is 7. The number of hydrogen-bond acceptors (Lipinski definition) is 7. The van der Waals surface area contributed by atoms with Crippen molar-refractivity contribution in [2.24, 2.45) is 0 Å². The highest BCUT2D eigenvalue weighted by molar-refractivity contribution is 6.31. The Morgan fingerprint density at radius 2 is 1.71 bits per heavy atom. The Bertz CT molecular complexity index is 1030. The number of imidazole rings is 1. The Hall–Kier alpha value is -2.40. The van der Waals surface area contributed by atoms with Gasteiger partial charge in [0.1, 0.15) is 11.9 Å². The molecule has 1 aromatic heterocycles. The number of amides is 1. The molecule has 9 nitrogen and oxygen atoms in total. The van der Waals surface area contributed by atoms with E-state index in [2.05, 4.69) is 37.5 Å². The number of aromatic amines is 1. The molecule has 0 bridgehead atoms. The van der Waals surface area contributed by atoms with E-state index in [1.807, 2.05) is 12.1 Å². The van der Waals surface area contributed by atoms with Crippen LogP contribution in [-0.2, 0) is 4.79 Å². The minimum absolute atomic E-state index is 0.203. The van der Waals surface area contributed by atoms with E-state index in [9.17, 15) is 15.0 Å². The number of alkyl halides is 1. The van der Waals surface area contributed by atoms with E-state index in [-0.39, 0.29) is 11.9 Å². The summed E-state index contributed by atoms with van der Waals surface area (Å²) in [5, 5.41) is 28.1. The van der Waals surface area contributed by atoms with Crippen molar-refractivity contribution < 1.29 is 15.0 Å². The number of para-hydroxylation sites is 2. The molecule has 4 atom stereocenters. The number of anilines is 2. The summed E-state index contributed by atoms with van der Waals surface area (Å²) in [7, 11) is 3.41. The molecule has 3 aromatic rings. The van der Waals surface area contributed by atoms with Gasteiger partial charge < -0.3 is 36.9 Å². The van der Waals surface area contributed by atoms with E-state index in [1.165, 1.54) is 6.38 Å². The van der Waals surface area contributed by atoms with Gasteiger partial charge in [-0.1, -0.05) is 23.7 Å². The molecule has 0 aliphatic carbocycles. The SMILES string of the molecule is CCl.CN[C@H](C(=O)Nc1ccccc1N)[C@@H](C)O.CN[C@H](c1nc2ccc(Cl)cc2[nH]1)[C@@H](C)O. The number of nitrogens with zero attached hydrogens (tertiary/aromatic N) is 1. The molecule has 2 aromatic carbocycles. The van der Waals surface area contributed by atoms with Gasteiger partial charge in [0.15, 0.2) is 0 Å². The first-order valence-electron chi connectivity index (χ1n) is 10.6. The zero-order valence-electron chi connectivity index (χ0n) is 19.9. The van der Waals surface area contributed by atoms with Gasteiger partial charge in [-0.15, -0.1) is 11.6 Å². The van der Waals surface area contributed by atoms with Crippen LogP contribution in [0.25, 0.3) is 11.0 Å². The van der Waals surface area contributed by atoms with Crippen molar-refractivity contribution in [3.05, 3.63) is 53.3 Å². The normalized spacial score (nSPS) is 14.0. The number of nitrogens with one attached hydrogen (secondary N) is 4. The molecule has 0 unspecified atom stereocenters. The number of fused-ring (bicyclic) bond motifs is 1. The number of likely N-dealkylation sites (N-methyl/N-ethyl adjacent to an activating group) is 2. The first-order valence-corrected chi connectivity index (χ1v) is 11.7. The summed E-state index contributed by atoms with van der Waals surface area (Å²) in [4.78, 5) is 19.3. The maximum absolute atomic E-state index is 11.7. The largest absolute Gasteiger partial charge is 0.397 e. The topological polar surface area (TPSA) is 148 Å². The third-order valence-corrected chi connectivity index (χ3v) is 5.08. The highest BCUT2D eigenvalue weighted by Crippen LogP contribution is 2.21. The molecule has 0 saturated heterocycles. The van der Waals surface area contributed by atoms with E-state index >= 15 is 0 Å². The first-order chi connectivity index (χ1) is 16.2. The molecule has 0 saturated carbocycles. The van der Waals surface area contributed by atoms with Crippen LogP contribution >= 0.6 is 23.2 Å². The van der Waals surface area contributed by atoms with Gasteiger partial charge in [0.2, 0.25) is 5.91 Å². The third-order valence-electron chi connectivity index (χ3n) is 4.84. The van der Waals surface area contributed by atoms with Crippen LogP contribution in [0.2, 0.25) is 5.02 Å². The average Bonchev–Trinajstić information content (AvgIpc) is 3.20. The molecule has 34 heavy (non-hydrogen) atoms. The summed E-state index contributed by atoms with van der Waals surface area (Å²) in [6, 6.07) is 11.6. The molecule has 0 aliphatic heterocycles. The molecule has 0 fully saturated rings. The second-order valence-electron chi connectivity index (χ2n) is 7.37. The second kappa shape index (κ2) is 14.8. The minimum atomic E-state index is -0.769. The number of halogens is 2. The van der Waals surface area contributed by atoms with Crippen molar-refractivity contribution in [2.45, 2.75) is 38.1 Å². The van der Waals surface area contributed by atoms with Crippen LogP contribution in [0.5, 0.6) is 0 Å². The summed E-state index contributed by atoms with van der Waals surface area (Å²) in [5.74, 6) is 0.408. The molecule has 1 heterocycles. The monoisotopic (exact) mass is 512 g/mol. The average molecular weight is 513 g/mol. The van der Waals surface area contributed by atoms with Crippen LogP contribution in [0.3, 0.4) is 0 Å². The summed E-state index contributed by atoms with van der Waals surface area (Å²) < 4.78 is 0. The maximum atomic E-state index is 11.7. The molecular weight excluding hydrogens is 479 g/mol. The summed E-state index contributed by atoms with van der Waals surface area (Å²) in [6.07, 6.45) is 0.191. The Morgan fingerprint density at radius 1 is 1.06 bits per heavy atom. The smallest absolute Gasteiger partial charge is 0.244 e. The molecular formula is C23H34Cl2N6O3. The molecule has 0 radical (unpaired) electrons. The van der Waals surface area contributed by atoms with Gasteiger partial charge in [0, 0.05) is 11.4 Å². The second-order valence-corrected chi connectivity index (χ2v) is 7.81. The van der Waals surface area contributed by atoms with Crippen LogP contribution in [0.4, 0.5) is 11.4 Å². The van der Waals surface area contributed by atoms with Crippen LogP contribution < -0.4 is 21.7 Å². The Balaban J connectivity index is 0.000000317. The molecule has 0 aliphatic rings. The van der Waals surface area contributed by atoms with Gasteiger partial charge in [-0.3, -0.25) is 4.79 Å². The van der Waals surface area contributed by atoms with Crippen LogP contribution in [0.15, 0.2) is 42.5 Å². The van der Waals surface area contributed by atoms with E-state index in [0.717, 1.165) is 16.9 Å². The van der Waals surface area contributed by atoms with E-state index in [4.69, 9.17) is 17.3 Å². The molecule has 188 valence electrons. The van der Waals surface area contributed by atoms with Crippen molar-refractivity contribution >= 4 is 51.5 Å². The highest BCUT2D eigenvalue weighted by Gasteiger charge is 2.22. The number of hydrogen-bond donors (Lipinski definition) is 7. The van der Waals surface area contributed by atoms with Crippen LogP contribution in [0, 0.1) is 0 Å². The van der Waals surface area contributed by atoms with Crippen molar-refractivity contribution in [3.63, 3.8) is 0 Å². The molecule has 11 heteroatoms. The van der Waals surface area contributed by atoms with Crippen molar-refractivity contribution in [2.75, 3.05) is 31.5 Å². The highest BCUT2D eigenvalue weighted by atomic mass is 35.5. The fourth-order valence-electron chi connectivity index (χ4n) is 3.17. The third kappa shape index (κ3) is 8.43. The maximum Gasteiger partial charge on any atom is 0.244 e. The zero-order chi connectivity index (χ0) is 25.8. The quantitative estimate of drug-likeness (QED) is 0.190. The number of nitrogen functional groups attached to an aromatic ring is 1. The number of aromatic nitrogens is 2. The van der Waals surface area contributed by atoms with Crippen molar-refractivity contribution in [3.8, 4) is 0 Å². The van der Waals surface area contributed by atoms with E-state index < -0.39 is 18.2 Å². The fourth-order valence-corrected chi connectivity index (χ4v) is 3.34. The van der Waals surface area contributed by atoms with Crippen LogP contribution in [0.1, 0.15) is 25.7 Å². The summed E-state index contributed by atoms with van der Waals surface area (Å²) in [6.45, 7) is 3.27.